The summed E-state index contributed by atoms with van der Waals surface area (Å²) in [5.41, 5.74) is 5.48. The summed E-state index contributed by atoms with van der Waals surface area (Å²) in [5, 5.41) is 13.7. The van der Waals surface area contributed by atoms with E-state index in [0.717, 1.165) is 0 Å². The van der Waals surface area contributed by atoms with Crippen molar-refractivity contribution in [2.75, 3.05) is 5.32 Å². The first kappa shape index (κ1) is 14.5. The molecule has 1 rings (SSSR count). The van der Waals surface area contributed by atoms with E-state index in [2.05, 4.69) is 10.6 Å². The maximum Gasteiger partial charge on any atom is 0.326 e. The summed E-state index contributed by atoms with van der Waals surface area (Å²) < 4.78 is 0. The third-order valence-corrected chi connectivity index (χ3v) is 2.31. The molecule has 1 atom stereocenters. The molecule has 0 aliphatic carbocycles. The maximum atomic E-state index is 11.6. The first-order chi connectivity index (χ1) is 8.99. The fourth-order valence-corrected chi connectivity index (χ4v) is 1.39. The van der Waals surface area contributed by atoms with Gasteiger partial charge in [0.25, 0.3) is 0 Å². The van der Waals surface area contributed by atoms with Crippen LogP contribution in [-0.4, -0.2) is 29.1 Å². The summed E-state index contributed by atoms with van der Waals surface area (Å²) in [6.45, 7) is 0. The van der Waals surface area contributed by atoms with Crippen molar-refractivity contribution >= 4 is 23.6 Å². The number of benzene rings is 1. The smallest absolute Gasteiger partial charge is 0.326 e. The summed E-state index contributed by atoms with van der Waals surface area (Å²) in [4.78, 5) is 33.1. The number of hydrogen-bond donors (Lipinski definition) is 4. The molecule has 0 bridgehead atoms. The van der Waals surface area contributed by atoms with E-state index >= 15 is 0 Å². The molecule has 0 heterocycles. The van der Waals surface area contributed by atoms with Crippen LogP contribution in [0.3, 0.4) is 0 Å². The SMILES string of the molecule is NC(=O)CC[C@@H](NC(=O)Nc1ccccc1)C(=O)O. The Morgan fingerprint density at radius 2 is 1.84 bits per heavy atom. The highest BCUT2D eigenvalue weighted by Gasteiger charge is 2.20. The maximum absolute atomic E-state index is 11.6. The van der Waals surface area contributed by atoms with Gasteiger partial charge in [-0.25, -0.2) is 9.59 Å². The molecule has 0 saturated heterocycles. The molecule has 0 aliphatic heterocycles. The van der Waals surface area contributed by atoms with Gasteiger partial charge >= 0.3 is 12.0 Å². The van der Waals surface area contributed by atoms with Crippen molar-refractivity contribution in [2.45, 2.75) is 18.9 Å². The molecule has 7 heteroatoms. The lowest BCUT2D eigenvalue weighted by molar-refractivity contribution is -0.139. The Labute approximate surface area is 109 Å². The van der Waals surface area contributed by atoms with Gasteiger partial charge in [0.15, 0.2) is 0 Å². The largest absolute Gasteiger partial charge is 0.480 e. The van der Waals surface area contributed by atoms with Crippen molar-refractivity contribution in [1.29, 1.82) is 0 Å². The summed E-state index contributed by atoms with van der Waals surface area (Å²) in [6, 6.07) is 6.78. The van der Waals surface area contributed by atoms with Crippen molar-refractivity contribution in [3.8, 4) is 0 Å². The van der Waals surface area contributed by atoms with Gasteiger partial charge in [-0.1, -0.05) is 18.2 Å². The molecule has 5 N–H and O–H groups in total. The van der Waals surface area contributed by atoms with Gasteiger partial charge in [0, 0.05) is 12.1 Å². The molecule has 0 fully saturated rings. The van der Waals surface area contributed by atoms with Crippen LogP contribution in [0, 0.1) is 0 Å². The number of carboxylic acids is 1. The van der Waals surface area contributed by atoms with Gasteiger partial charge in [-0.3, -0.25) is 4.79 Å². The second kappa shape index (κ2) is 7.00. The predicted molar refractivity (Wildman–Crippen MR) is 68.4 cm³/mol. The number of rotatable bonds is 6. The summed E-state index contributed by atoms with van der Waals surface area (Å²) in [5.74, 6) is -1.83. The van der Waals surface area contributed by atoms with Gasteiger partial charge in [0.1, 0.15) is 6.04 Å². The summed E-state index contributed by atoms with van der Waals surface area (Å²) in [7, 11) is 0. The monoisotopic (exact) mass is 265 g/mol. The van der Waals surface area contributed by atoms with Gasteiger partial charge < -0.3 is 21.5 Å². The molecule has 102 valence electrons. The average molecular weight is 265 g/mol. The number of nitrogens with one attached hydrogen (secondary N) is 2. The van der Waals surface area contributed by atoms with Gasteiger partial charge in [-0.2, -0.15) is 0 Å². The first-order valence-electron chi connectivity index (χ1n) is 5.62. The van der Waals surface area contributed by atoms with Crippen LogP contribution in [-0.2, 0) is 9.59 Å². The molecule has 1 aromatic carbocycles. The normalized spacial score (nSPS) is 11.4. The highest BCUT2D eigenvalue weighted by molar-refractivity contribution is 5.92. The van der Waals surface area contributed by atoms with E-state index in [1.165, 1.54) is 0 Å². The highest BCUT2D eigenvalue weighted by atomic mass is 16.4. The van der Waals surface area contributed by atoms with E-state index in [4.69, 9.17) is 10.8 Å². The summed E-state index contributed by atoms with van der Waals surface area (Å²) >= 11 is 0. The van der Waals surface area contributed by atoms with Crippen molar-refractivity contribution in [1.82, 2.24) is 5.32 Å². The Balaban J connectivity index is 2.52. The number of para-hydroxylation sites is 1. The molecule has 0 unspecified atom stereocenters. The molecule has 0 aliphatic rings. The highest BCUT2D eigenvalue weighted by Crippen LogP contribution is 2.05. The van der Waals surface area contributed by atoms with Gasteiger partial charge in [0.2, 0.25) is 5.91 Å². The number of amides is 3. The number of aliphatic carboxylic acids is 1. The number of carboxylic acid groups (broad SMARTS) is 1. The van der Waals surface area contributed by atoms with Gasteiger partial charge in [-0.15, -0.1) is 0 Å². The number of urea groups is 1. The molecular formula is C12H15N3O4. The topological polar surface area (TPSA) is 122 Å². The molecule has 0 spiro atoms. The van der Waals surface area contributed by atoms with E-state index < -0.39 is 23.9 Å². The average Bonchev–Trinajstić information content (AvgIpc) is 2.35. The van der Waals surface area contributed by atoms with Crippen LogP contribution in [0.15, 0.2) is 30.3 Å². The first-order valence-corrected chi connectivity index (χ1v) is 5.62. The molecule has 7 nitrogen and oxygen atoms in total. The lowest BCUT2D eigenvalue weighted by Gasteiger charge is -2.14. The Kier molecular flexibility index (Phi) is 5.34. The number of hydrogen-bond acceptors (Lipinski definition) is 3. The quantitative estimate of drug-likeness (QED) is 0.599. The zero-order valence-electron chi connectivity index (χ0n) is 10.1. The minimum Gasteiger partial charge on any atom is -0.480 e. The second-order valence-corrected chi connectivity index (χ2v) is 3.86. The third-order valence-electron chi connectivity index (χ3n) is 2.31. The standard InChI is InChI=1S/C12H15N3O4/c13-10(16)7-6-9(11(17)18)15-12(19)14-8-4-2-1-3-5-8/h1-5,9H,6-7H2,(H2,13,16)(H,17,18)(H2,14,15,19)/t9-/m1/s1. The van der Waals surface area contributed by atoms with Crippen molar-refractivity contribution in [3.63, 3.8) is 0 Å². The molecular weight excluding hydrogens is 250 g/mol. The zero-order valence-corrected chi connectivity index (χ0v) is 10.1. The Hall–Kier alpha value is -2.57. The van der Waals surface area contributed by atoms with Crippen LogP contribution in [0.1, 0.15) is 12.8 Å². The Bertz CT molecular complexity index is 461. The number of nitrogens with two attached hydrogens (primary N) is 1. The van der Waals surface area contributed by atoms with Crippen LogP contribution >= 0.6 is 0 Å². The molecule has 0 radical (unpaired) electrons. The van der Waals surface area contributed by atoms with E-state index in [1.54, 1.807) is 30.3 Å². The Morgan fingerprint density at radius 3 is 2.37 bits per heavy atom. The number of primary amides is 1. The predicted octanol–water partition coefficient (Wildman–Crippen LogP) is 0.527. The van der Waals surface area contributed by atoms with Crippen LogP contribution in [0.25, 0.3) is 0 Å². The number of carbonyl (C=O) groups is 3. The van der Waals surface area contributed by atoms with Crippen LogP contribution in [0.5, 0.6) is 0 Å². The molecule has 0 saturated carbocycles. The third kappa shape index (κ3) is 5.53. The number of anilines is 1. The molecule has 0 aromatic heterocycles. The van der Waals surface area contributed by atoms with Gasteiger partial charge in [-0.05, 0) is 18.6 Å². The van der Waals surface area contributed by atoms with E-state index in [9.17, 15) is 14.4 Å². The number of carbonyl (C=O) groups excluding carboxylic acids is 2. The van der Waals surface area contributed by atoms with Gasteiger partial charge in [0.05, 0.1) is 0 Å². The van der Waals surface area contributed by atoms with E-state index in [1.807, 2.05) is 0 Å². The lowest BCUT2D eigenvalue weighted by Crippen LogP contribution is -2.43. The van der Waals surface area contributed by atoms with E-state index in [-0.39, 0.29) is 12.8 Å². The minimum absolute atomic E-state index is 0.0487. The van der Waals surface area contributed by atoms with E-state index in [0.29, 0.717) is 5.69 Å². The molecule has 19 heavy (non-hydrogen) atoms. The fourth-order valence-electron chi connectivity index (χ4n) is 1.39. The molecule has 1 aromatic rings. The van der Waals surface area contributed by atoms with Crippen LogP contribution in [0.4, 0.5) is 10.5 Å². The lowest BCUT2D eigenvalue weighted by atomic mass is 10.1. The van der Waals surface area contributed by atoms with Crippen molar-refractivity contribution < 1.29 is 19.5 Å². The second-order valence-electron chi connectivity index (χ2n) is 3.86. The molecule has 3 amide bonds. The van der Waals surface area contributed by atoms with Crippen molar-refractivity contribution in [2.24, 2.45) is 5.73 Å². The minimum atomic E-state index is -1.22. The van der Waals surface area contributed by atoms with Crippen molar-refractivity contribution in [3.05, 3.63) is 30.3 Å². The zero-order chi connectivity index (χ0) is 14.3. The van der Waals surface area contributed by atoms with Crippen LogP contribution in [0.2, 0.25) is 0 Å². The Morgan fingerprint density at radius 1 is 1.21 bits per heavy atom. The summed E-state index contributed by atoms with van der Waals surface area (Å²) in [6.07, 6.45) is -0.157. The fraction of sp³-hybridized carbons (Fsp3) is 0.250. The van der Waals surface area contributed by atoms with Crippen LogP contribution < -0.4 is 16.4 Å².